The van der Waals surface area contributed by atoms with Gasteiger partial charge in [0.1, 0.15) is 6.29 Å². The maximum Gasteiger partial charge on any atom is 0.142 e. The van der Waals surface area contributed by atoms with Gasteiger partial charge in [-0.3, -0.25) is 4.79 Å². The van der Waals surface area contributed by atoms with E-state index in [1.807, 2.05) is 0 Å². The summed E-state index contributed by atoms with van der Waals surface area (Å²) >= 11 is 0. The maximum atomic E-state index is 10.0. The monoisotopic (exact) mass is 140 g/mol. The minimum atomic E-state index is -0.135. The van der Waals surface area contributed by atoms with Gasteiger partial charge in [-0.25, -0.2) is 0 Å². The number of aliphatic hydroxyl groups excluding tert-OH is 1. The molecule has 1 aliphatic carbocycles. The van der Waals surface area contributed by atoms with Gasteiger partial charge < -0.3 is 5.11 Å². The molecule has 1 aliphatic rings. The first-order valence-electron chi connectivity index (χ1n) is 3.64. The lowest BCUT2D eigenvalue weighted by atomic mass is 9.93. The minimum Gasteiger partial charge on any atom is -0.393 e. The van der Waals surface area contributed by atoms with Gasteiger partial charge in [-0.2, -0.15) is 0 Å². The molecule has 1 fully saturated rings. The third kappa shape index (κ3) is 1.95. The van der Waals surface area contributed by atoms with Crippen molar-refractivity contribution in [2.24, 2.45) is 0 Å². The van der Waals surface area contributed by atoms with Gasteiger partial charge in [0.05, 0.1) is 6.10 Å². The summed E-state index contributed by atoms with van der Waals surface area (Å²) in [6.45, 7) is 0. The van der Waals surface area contributed by atoms with Crippen molar-refractivity contribution >= 4 is 6.29 Å². The Morgan fingerprint density at radius 1 is 1.40 bits per heavy atom. The van der Waals surface area contributed by atoms with Crippen LogP contribution in [0.5, 0.6) is 0 Å². The number of hydrogen-bond donors (Lipinski definition) is 1. The van der Waals surface area contributed by atoms with E-state index >= 15 is 0 Å². The molecule has 0 heterocycles. The van der Waals surface area contributed by atoms with Crippen LogP contribution in [-0.2, 0) is 4.79 Å². The Balaban J connectivity index is 2.39. The van der Waals surface area contributed by atoms with Gasteiger partial charge >= 0.3 is 0 Å². The lowest BCUT2D eigenvalue weighted by Crippen LogP contribution is -2.12. The van der Waals surface area contributed by atoms with Crippen molar-refractivity contribution in [3.05, 3.63) is 11.6 Å². The van der Waals surface area contributed by atoms with Crippen molar-refractivity contribution in [2.45, 2.75) is 31.8 Å². The lowest BCUT2D eigenvalue weighted by Gasteiger charge is -2.18. The Hall–Kier alpha value is -0.630. The molecule has 0 radical (unpaired) electrons. The van der Waals surface area contributed by atoms with Gasteiger partial charge in [-0.05, 0) is 31.8 Å². The summed E-state index contributed by atoms with van der Waals surface area (Å²) in [7, 11) is 0. The van der Waals surface area contributed by atoms with Crippen molar-refractivity contribution in [3.8, 4) is 0 Å². The fourth-order valence-corrected chi connectivity index (χ4v) is 1.24. The Morgan fingerprint density at radius 3 is 2.50 bits per heavy atom. The van der Waals surface area contributed by atoms with Gasteiger partial charge in [0, 0.05) is 0 Å². The van der Waals surface area contributed by atoms with E-state index in [0.717, 1.165) is 32.0 Å². The molecule has 0 aromatic rings. The molecule has 10 heavy (non-hydrogen) atoms. The fraction of sp³-hybridized carbons (Fsp3) is 0.625. The standard InChI is InChI=1S/C8H12O2/c9-6-5-7-1-3-8(10)4-2-7/h5-6,8,10H,1-4H2. The third-order valence-electron chi connectivity index (χ3n) is 1.90. The predicted octanol–water partition coefficient (Wildman–Crippen LogP) is 1.05. The van der Waals surface area contributed by atoms with Crippen molar-refractivity contribution in [1.29, 1.82) is 0 Å². The quantitative estimate of drug-likeness (QED) is 0.436. The molecule has 0 saturated heterocycles. The van der Waals surface area contributed by atoms with Crippen LogP contribution in [0.1, 0.15) is 25.7 Å². The number of carbonyl (C=O) groups excluding carboxylic acids is 1. The third-order valence-corrected chi connectivity index (χ3v) is 1.90. The molecule has 0 aromatic heterocycles. The van der Waals surface area contributed by atoms with Crippen molar-refractivity contribution < 1.29 is 9.90 Å². The van der Waals surface area contributed by atoms with Gasteiger partial charge in [-0.1, -0.05) is 5.57 Å². The van der Waals surface area contributed by atoms with Crippen molar-refractivity contribution in [3.63, 3.8) is 0 Å². The minimum absolute atomic E-state index is 0.135. The Morgan fingerprint density at radius 2 is 2.00 bits per heavy atom. The molecule has 0 unspecified atom stereocenters. The molecule has 0 atom stereocenters. The molecular formula is C8H12O2. The first kappa shape index (κ1) is 7.48. The van der Waals surface area contributed by atoms with Gasteiger partial charge in [0.15, 0.2) is 0 Å². The first-order chi connectivity index (χ1) is 4.83. The van der Waals surface area contributed by atoms with E-state index in [1.54, 1.807) is 6.08 Å². The van der Waals surface area contributed by atoms with Gasteiger partial charge in [0.25, 0.3) is 0 Å². The van der Waals surface area contributed by atoms with Crippen LogP contribution in [0.15, 0.2) is 11.6 Å². The second kappa shape index (κ2) is 3.52. The summed E-state index contributed by atoms with van der Waals surface area (Å²) in [5, 5.41) is 9.08. The molecule has 2 nitrogen and oxygen atoms in total. The first-order valence-corrected chi connectivity index (χ1v) is 3.64. The second-order valence-corrected chi connectivity index (χ2v) is 2.69. The number of aldehydes is 1. The molecule has 0 amide bonds. The highest BCUT2D eigenvalue weighted by Gasteiger charge is 2.12. The molecule has 1 rings (SSSR count). The van der Waals surface area contributed by atoms with E-state index in [4.69, 9.17) is 5.11 Å². The van der Waals surface area contributed by atoms with Crippen molar-refractivity contribution in [1.82, 2.24) is 0 Å². The van der Waals surface area contributed by atoms with Crippen LogP contribution >= 0.6 is 0 Å². The summed E-state index contributed by atoms with van der Waals surface area (Å²) in [6, 6.07) is 0. The molecule has 0 spiro atoms. The van der Waals surface area contributed by atoms with Crippen LogP contribution in [0.3, 0.4) is 0 Å². The van der Waals surface area contributed by atoms with E-state index in [9.17, 15) is 4.79 Å². The average Bonchev–Trinajstić information content (AvgIpc) is 1.95. The van der Waals surface area contributed by atoms with Crippen LogP contribution in [-0.4, -0.2) is 17.5 Å². The molecule has 0 aliphatic heterocycles. The summed E-state index contributed by atoms with van der Waals surface area (Å²) < 4.78 is 0. The zero-order chi connectivity index (χ0) is 7.40. The van der Waals surface area contributed by atoms with E-state index in [2.05, 4.69) is 0 Å². The van der Waals surface area contributed by atoms with Crippen molar-refractivity contribution in [2.75, 3.05) is 0 Å². The predicted molar refractivity (Wildman–Crippen MR) is 38.6 cm³/mol. The Labute approximate surface area is 60.6 Å². The Kier molecular flexibility index (Phi) is 2.63. The van der Waals surface area contributed by atoms with E-state index in [-0.39, 0.29) is 6.10 Å². The van der Waals surface area contributed by atoms with E-state index in [1.165, 1.54) is 5.57 Å². The number of allylic oxidation sites excluding steroid dienone is 2. The van der Waals surface area contributed by atoms with Crippen LogP contribution in [0.4, 0.5) is 0 Å². The largest absolute Gasteiger partial charge is 0.393 e. The van der Waals surface area contributed by atoms with Crippen LogP contribution in [0, 0.1) is 0 Å². The van der Waals surface area contributed by atoms with E-state index in [0.29, 0.717) is 0 Å². The number of hydrogen-bond acceptors (Lipinski definition) is 2. The van der Waals surface area contributed by atoms with E-state index < -0.39 is 0 Å². The lowest BCUT2D eigenvalue weighted by molar-refractivity contribution is -0.104. The summed E-state index contributed by atoms with van der Waals surface area (Å²) in [6.07, 6.45) is 5.72. The molecule has 1 saturated carbocycles. The Bertz CT molecular complexity index is 139. The number of aliphatic hydroxyl groups is 1. The molecule has 56 valence electrons. The van der Waals surface area contributed by atoms with Crippen LogP contribution < -0.4 is 0 Å². The summed E-state index contributed by atoms with van der Waals surface area (Å²) in [5.41, 5.74) is 1.18. The maximum absolute atomic E-state index is 10.0. The fourth-order valence-electron chi connectivity index (χ4n) is 1.24. The second-order valence-electron chi connectivity index (χ2n) is 2.69. The summed E-state index contributed by atoms with van der Waals surface area (Å²) in [4.78, 5) is 10.0. The molecule has 0 aromatic carbocycles. The molecular weight excluding hydrogens is 128 g/mol. The number of rotatable bonds is 1. The number of carbonyl (C=O) groups is 1. The zero-order valence-corrected chi connectivity index (χ0v) is 5.92. The van der Waals surface area contributed by atoms with Gasteiger partial charge in [0.2, 0.25) is 0 Å². The topological polar surface area (TPSA) is 37.3 Å². The normalized spacial score (nSPS) is 26.1. The SMILES string of the molecule is O=CC=C1CCC(O)CC1. The average molecular weight is 140 g/mol. The van der Waals surface area contributed by atoms with Gasteiger partial charge in [-0.15, -0.1) is 0 Å². The molecule has 0 bridgehead atoms. The smallest absolute Gasteiger partial charge is 0.142 e. The molecule has 1 N–H and O–H groups in total. The molecule has 2 heteroatoms. The van der Waals surface area contributed by atoms with Crippen LogP contribution in [0.2, 0.25) is 0 Å². The zero-order valence-electron chi connectivity index (χ0n) is 5.92. The highest BCUT2D eigenvalue weighted by molar-refractivity contribution is 5.66. The van der Waals surface area contributed by atoms with Crippen LogP contribution in [0.25, 0.3) is 0 Å². The highest BCUT2D eigenvalue weighted by atomic mass is 16.3. The summed E-state index contributed by atoms with van der Waals surface area (Å²) in [5.74, 6) is 0. The highest BCUT2D eigenvalue weighted by Crippen LogP contribution is 2.22.